The summed E-state index contributed by atoms with van der Waals surface area (Å²) in [5, 5.41) is 0. The molecule has 0 radical (unpaired) electrons. The number of carbonyl (C=O) groups is 1. The Labute approximate surface area is 149 Å². The number of ether oxygens (including phenoxy) is 1. The lowest BCUT2D eigenvalue weighted by atomic mass is 10.2. The highest BCUT2D eigenvalue weighted by molar-refractivity contribution is 5.92. The summed E-state index contributed by atoms with van der Waals surface area (Å²) in [6.07, 6.45) is 1.66. The molecule has 0 fully saturated rings. The third kappa shape index (κ3) is 5.06. The van der Waals surface area contributed by atoms with Gasteiger partial charge in [-0.15, -0.1) is 0 Å². The molecule has 2 aromatic rings. The van der Waals surface area contributed by atoms with Crippen molar-refractivity contribution in [1.29, 1.82) is 0 Å². The second kappa shape index (κ2) is 9.22. The lowest BCUT2D eigenvalue weighted by Gasteiger charge is -2.17. The second-order valence-electron chi connectivity index (χ2n) is 6.06. The van der Waals surface area contributed by atoms with Crippen molar-refractivity contribution in [2.75, 3.05) is 25.9 Å². The van der Waals surface area contributed by atoms with Crippen LogP contribution in [0.15, 0.2) is 30.3 Å². The number of nitrogens with two attached hydrogens (primary N) is 1. The quantitative estimate of drug-likeness (QED) is 0.708. The number of hydrogen-bond acceptors (Lipinski definition) is 5. The Hall–Kier alpha value is -2.34. The summed E-state index contributed by atoms with van der Waals surface area (Å²) in [6, 6.07) is 10.4. The highest BCUT2D eigenvalue weighted by Crippen LogP contribution is 2.17. The van der Waals surface area contributed by atoms with E-state index in [1.54, 1.807) is 6.92 Å². The van der Waals surface area contributed by atoms with Crippen molar-refractivity contribution < 1.29 is 9.53 Å². The number of nitrogens with zero attached hydrogens (tertiary/aromatic N) is 3. The molecule has 6 nitrogen and oxygen atoms in total. The topological polar surface area (TPSA) is 73.4 Å². The normalized spacial score (nSPS) is 11.0. The Morgan fingerprint density at radius 2 is 2.00 bits per heavy atom. The zero-order chi connectivity index (χ0) is 18.2. The van der Waals surface area contributed by atoms with Crippen LogP contribution in [0, 0.1) is 0 Å². The number of benzene rings is 1. The number of nitrogen functional groups attached to an aromatic ring is 1. The largest absolute Gasteiger partial charge is 0.461 e. The first kappa shape index (κ1) is 19.0. The van der Waals surface area contributed by atoms with E-state index >= 15 is 0 Å². The minimum atomic E-state index is -0.449. The number of hydrogen-bond donors (Lipinski definition) is 1. The highest BCUT2D eigenvalue weighted by atomic mass is 16.5. The first-order valence-corrected chi connectivity index (χ1v) is 8.81. The van der Waals surface area contributed by atoms with Crippen LogP contribution in [0.3, 0.4) is 0 Å². The molecule has 6 heteroatoms. The van der Waals surface area contributed by atoms with Gasteiger partial charge < -0.3 is 19.9 Å². The molecule has 1 aromatic carbocycles. The predicted octanol–water partition coefficient (Wildman–Crippen LogP) is 2.73. The summed E-state index contributed by atoms with van der Waals surface area (Å²) in [5.74, 6) is 0.780. The summed E-state index contributed by atoms with van der Waals surface area (Å²) >= 11 is 0. The number of aryl methyl sites for hydroxylation is 1. The molecular formula is C19H28N4O2. The van der Waals surface area contributed by atoms with Crippen LogP contribution in [-0.2, 0) is 24.2 Å². The van der Waals surface area contributed by atoms with E-state index in [0.717, 1.165) is 38.3 Å². The zero-order valence-corrected chi connectivity index (χ0v) is 15.4. The molecule has 0 aliphatic carbocycles. The minimum absolute atomic E-state index is 0.233. The van der Waals surface area contributed by atoms with Gasteiger partial charge in [0.05, 0.1) is 6.61 Å². The standard InChI is InChI=1S/C19H28N4O2/c1-4-16-21-17(19(24)25-5-2)18(20)23(16)13-9-12-22(3)14-15-10-7-6-8-11-15/h6-8,10-11H,4-5,9,12-14,20H2,1-3H3. The first-order valence-electron chi connectivity index (χ1n) is 8.81. The van der Waals surface area contributed by atoms with Crippen molar-refractivity contribution in [2.45, 2.75) is 39.8 Å². The highest BCUT2D eigenvalue weighted by Gasteiger charge is 2.20. The average molecular weight is 344 g/mol. The van der Waals surface area contributed by atoms with Gasteiger partial charge in [-0.3, -0.25) is 0 Å². The first-order chi connectivity index (χ1) is 12.1. The van der Waals surface area contributed by atoms with Gasteiger partial charge >= 0.3 is 5.97 Å². The predicted molar refractivity (Wildman–Crippen MR) is 99.4 cm³/mol. The van der Waals surface area contributed by atoms with E-state index in [1.807, 2.05) is 17.6 Å². The molecule has 0 aliphatic heterocycles. The second-order valence-corrected chi connectivity index (χ2v) is 6.06. The molecule has 0 bridgehead atoms. The summed E-state index contributed by atoms with van der Waals surface area (Å²) < 4.78 is 6.96. The van der Waals surface area contributed by atoms with E-state index in [9.17, 15) is 4.79 Å². The van der Waals surface area contributed by atoms with Gasteiger partial charge in [0.2, 0.25) is 0 Å². The van der Waals surface area contributed by atoms with E-state index in [-0.39, 0.29) is 5.69 Å². The molecule has 0 spiro atoms. The lowest BCUT2D eigenvalue weighted by Crippen LogP contribution is -2.21. The Morgan fingerprint density at radius 1 is 1.28 bits per heavy atom. The van der Waals surface area contributed by atoms with Crippen molar-refractivity contribution in [1.82, 2.24) is 14.5 Å². The molecule has 0 saturated carbocycles. The Bertz CT molecular complexity index is 682. The Kier molecular flexibility index (Phi) is 7.01. The van der Waals surface area contributed by atoms with Gasteiger partial charge in [-0.2, -0.15) is 0 Å². The Balaban J connectivity index is 1.94. The summed E-state index contributed by atoms with van der Waals surface area (Å²) in [7, 11) is 2.11. The number of aromatic nitrogens is 2. The fourth-order valence-corrected chi connectivity index (χ4v) is 2.86. The van der Waals surface area contributed by atoms with Gasteiger partial charge in [-0.25, -0.2) is 9.78 Å². The molecule has 1 heterocycles. The molecule has 0 aliphatic rings. The maximum absolute atomic E-state index is 11.9. The van der Waals surface area contributed by atoms with Crippen LogP contribution in [0.2, 0.25) is 0 Å². The fourth-order valence-electron chi connectivity index (χ4n) is 2.86. The molecule has 136 valence electrons. The van der Waals surface area contributed by atoms with Crippen LogP contribution in [0.1, 0.15) is 42.1 Å². The molecule has 2 rings (SSSR count). The third-order valence-electron chi connectivity index (χ3n) is 4.09. The van der Waals surface area contributed by atoms with Crippen LogP contribution >= 0.6 is 0 Å². The Morgan fingerprint density at radius 3 is 2.64 bits per heavy atom. The molecule has 0 amide bonds. The van der Waals surface area contributed by atoms with Crippen molar-refractivity contribution in [3.05, 3.63) is 47.4 Å². The molecule has 0 saturated heterocycles. The van der Waals surface area contributed by atoms with Gasteiger partial charge in [-0.1, -0.05) is 37.3 Å². The van der Waals surface area contributed by atoms with Gasteiger partial charge in [0.25, 0.3) is 0 Å². The molecule has 2 N–H and O–H groups in total. The van der Waals surface area contributed by atoms with E-state index in [1.165, 1.54) is 5.56 Å². The molecular weight excluding hydrogens is 316 g/mol. The van der Waals surface area contributed by atoms with E-state index < -0.39 is 5.97 Å². The summed E-state index contributed by atoms with van der Waals surface area (Å²) in [6.45, 7) is 6.68. The zero-order valence-electron chi connectivity index (χ0n) is 15.4. The van der Waals surface area contributed by atoms with Crippen LogP contribution in [0.25, 0.3) is 0 Å². The van der Waals surface area contributed by atoms with Gasteiger partial charge in [-0.05, 0) is 32.5 Å². The van der Waals surface area contributed by atoms with Crippen LogP contribution in [0.4, 0.5) is 5.82 Å². The van der Waals surface area contributed by atoms with Crippen molar-refractivity contribution in [3.63, 3.8) is 0 Å². The average Bonchev–Trinajstić information content (AvgIpc) is 2.92. The summed E-state index contributed by atoms with van der Waals surface area (Å²) in [4.78, 5) is 18.6. The van der Waals surface area contributed by atoms with Gasteiger partial charge in [0.15, 0.2) is 5.69 Å². The van der Waals surface area contributed by atoms with Gasteiger partial charge in [0, 0.05) is 19.5 Å². The monoisotopic (exact) mass is 344 g/mol. The summed E-state index contributed by atoms with van der Waals surface area (Å²) in [5.41, 5.74) is 7.67. The number of anilines is 1. The third-order valence-corrected chi connectivity index (χ3v) is 4.09. The molecule has 0 unspecified atom stereocenters. The van der Waals surface area contributed by atoms with Crippen LogP contribution in [0.5, 0.6) is 0 Å². The molecule has 0 atom stereocenters. The van der Waals surface area contributed by atoms with Crippen molar-refractivity contribution in [3.8, 4) is 0 Å². The number of esters is 1. The SMILES string of the molecule is CCOC(=O)c1nc(CC)n(CCCN(C)Cc2ccccc2)c1N. The molecule has 1 aromatic heterocycles. The van der Waals surface area contributed by atoms with Crippen molar-refractivity contribution >= 4 is 11.8 Å². The molecule has 25 heavy (non-hydrogen) atoms. The van der Waals surface area contributed by atoms with Crippen LogP contribution < -0.4 is 5.73 Å². The lowest BCUT2D eigenvalue weighted by molar-refractivity contribution is 0.0521. The maximum atomic E-state index is 11.9. The van der Waals surface area contributed by atoms with E-state index in [2.05, 4.69) is 41.2 Å². The van der Waals surface area contributed by atoms with E-state index in [0.29, 0.717) is 12.4 Å². The number of carbonyl (C=O) groups excluding carboxylic acids is 1. The van der Waals surface area contributed by atoms with Gasteiger partial charge in [0.1, 0.15) is 11.6 Å². The number of rotatable bonds is 9. The van der Waals surface area contributed by atoms with Crippen molar-refractivity contribution in [2.24, 2.45) is 0 Å². The maximum Gasteiger partial charge on any atom is 0.360 e. The van der Waals surface area contributed by atoms with Crippen LogP contribution in [-0.4, -0.2) is 40.6 Å². The smallest absolute Gasteiger partial charge is 0.360 e. The van der Waals surface area contributed by atoms with E-state index in [4.69, 9.17) is 10.5 Å². The fraction of sp³-hybridized carbons (Fsp3) is 0.474. The number of imidazole rings is 1. The minimum Gasteiger partial charge on any atom is -0.461 e.